The first kappa shape index (κ1) is 23.7. The molecule has 4 rings (SSSR count). The molecule has 1 aromatic rings. The van der Waals surface area contributed by atoms with Crippen molar-refractivity contribution in [1.29, 1.82) is 0 Å². The third-order valence-corrected chi connectivity index (χ3v) is 10.3. The van der Waals surface area contributed by atoms with Gasteiger partial charge in [0.1, 0.15) is 6.04 Å². The highest BCUT2D eigenvalue weighted by Gasteiger charge is 2.72. The van der Waals surface area contributed by atoms with Gasteiger partial charge in [0.25, 0.3) is 5.91 Å². The molecule has 1 aromatic carbocycles. The molecule has 1 amide bonds. The van der Waals surface area contributed by atoms with Crippen LogP contribution in [0.2, 0.25) is 0 Å². The minimum Gasteiger partial charge on any atom is -0.295 e. The van der Waals surface area contributed by atoms with E-state index >= 15 is 0 Å². The van der Waals surface area contributed by atoms with Crippen LogP contribution in [0.5, 0.6) is 0 Å². The van der Waals surface area contributed by atoms with E-state index in [-0.39, 0.29) is 40.6 Å². The van der Waals surface area contributed by atoms with Crippen LogP contribution in [0.3, 0.4) is 0 Å². The van der Waals surface area contributed by atoms with Crippen LogP contribution >= 0.6 is 0 Å². The molecule has 1 heterocycles. The van der Waals surface area contributed by atoms with Gasteiger partial charge in [0.15, 0.2) is 0 Å². The number of carbonyl (C=O) groups is 1. The van der Waals surface area contributed by atoms with Gasteiger partial charge in [-0.2, -0.15) is 5.06 Å². The Hall–Kier alpha value is -1.44. The summed E-state index contributed by atoms with van der Waals surface area (Å²) in [5, 5.41) is 1.71. The summed E-state index contributed by atoms with van der Waals surface area (Å²) < 4.78 is 28.2. The zero-order valence-electron chi connectivity index (χ0n) is 20.2. The fraction of sp³-hybridized carbons (Fsp3) is 0.720. The number of benzene rings is 1. The molecule has 0 radical (unpaired) electrons. The Bertz CT molecular complexity index is 959. The van der Waals surface area contributed by atoms with Crippen LogP contribution in [0.15, 0.2) is 30.3 Å². The first-order chi connectivity index (χ1) is 14.9. The van der Waals surface area contributed by atoms with E-state index in [1.54, 1.807) is 5.06 Å². The second kappa shape index (κ2) is 8.10. The Labute approximate surface area is 193 Å². The zero-order chi connectivity index (χ0) is 23.5. The topological polar surface area (TPSA) is 66.9 Å². The number of rotatable bonds is 7. The molecule has 1 saturated heterocycles. The third-order valence-electron chi connectivity index (χ3n) is 8.35. The van der Waals surface area contributed by atoms with Crippen LogP contribution in [0.1, 0.15) is 66.4 Å². The molecule has 2 bridgehead atoms. The van der Waals surface area contributed by atoms with Crippen molar-refractivity contribution in [3.63, 3.8) is 0 Å². The molecule has 0 aromatic heterocycles. The van der Waals surface area contributed by atoms with Gasteiger partial charge in [0, 0.05) is 5.41 Å². The number of hydroxylamine groups is 2. The molecule has 178 valence electrons. The summed E-state index contributed by atoms with van der Waals surface area (Å²) in [7, 11) is -3.67. The quantitative estimate of drug-likeness (QED) is 0.568. The fourth-order valence-corrected chi connectivity index (χ4v) is 9.24. The molecule has 2 saturated carbocycles. The average molecular weight is 463 g/mol. The van der Waals surface area contributed by atoms with Crippen molar-refractivity contribution in [2.24, 2.45) is 22.7 Å². The lowest BCUT2D eigenvalue weighted by molar-refractivity contribution is -0.227. The van der Waals surface area contributed by atoms with Crippen molar-refractivity contribution in [2.45, 2.75) is 85.5 Å². The van der Waals surface area contributed by atoms with E-state index < -0.39 is 16.1 Å². The highest BCUT2D eigenvalue weighted by molar-refractivity contribution is 7.90. The average Bonchev–Trinajstić information content (AvgIpc) is 3.15. The van der Waals surface area contributed by atoms with E-state index in [0.29, 0.717) is 12.5 Å². The zero-order valence-corrected chi connectivity index (χ0v) is 21.1. The summed E-state index contributed by atoms with van der Waals surface area (Å²) in [6.07, 6.45) is 2.61. The monoisotopic (exact) mass is 462 g/mol. The van der Waals surface area contributed by atoms with Crippen molar-refractivity contribution < 1.29 is 18.0 Å². The third kappa shape index (κ3) is 3.61. The summed E-state index contributed by atoms with van der Waals surface area (Å²) in [5.41, 5.74) is 0.635. The van der Waals surface area contributed by atoms with Crippen molar-refractivity contribution in [2.75, 3.05) is 5.75 Å². The molecule has 32 heavy (non-hydrogen) atoms. The van der Waals surface area contributed by atoms with Gasteiger partial charge in [0.05, 0.1) is 24.4 Å². The Balaban J connectivity index is 1.69. The number of carbonyl (C=O) groups excluding carboxylic acids is 1. The second-order valence-corrected chi connectivity index (χ2v) is 13.0. The summed E-state index contributed by atoms with van der Waals surface area (Å²) in [6, 6.07) is 8.96. The normalized spacial score (nSPS) is 31.0. The van der Waals surface area contributed by atoms with Gasteiger partial charge in [-0.1, -0.05) is 58.0 Å². The minimum atomic E-state index is -3.67. The van der Waals surface area contributed by atoms with Crippen molar-refractivity contribution in [3.05, 3.63) is 35.9 Å². The van der Waals surface area contributed by atoms with Crippen LogP contribution in [-0.4, -0.2) is 47.6 Å². The SMILES string of the molecule is CC(C)ON(Cc1ccccc1)[C@@H](C(=O)N1[C@H]2C[C@@H]3CC[C@@]2(CS1(=O)=O)C3(C)C)C(C)C. The highest BCUT2D eigenvalue weighted by atomic mass is 32.2. The smallest absolute Gasteiger partial charge is 0.256 e. The summed E-state index contributed by atoms with van der Waals surface area (Å²) in [5.74, 6) is 0.127. The number of amides is 1. The lowest BCUT2D eigenvalue weighted by Crippen LogP contribution is -2.55. The van der Waals surface area contributed by atoms with Crippen molar-refractivity contribution in [1.82, 2.24) is 9.37 Å². The van der Waals surface area contributed by atoms with E-state index in [9.17, 15) is 13.2 Å². The Morgan fingerprint density at radius 2 is 1.84 bits per heavy atom. The number of nitrogens with zero attached hydrogens (tertiary/aromatic N) is 2. The summed E-state index contributed by atoms with van der Waals surface area (Å²) in [4.78, 5) is 20.2. The maximum Gasteiger partial charge on any atom is 0.256 e. The maximum atomic E-state index is 14.1. The lowest BCUT2D eigenvalue weighted by atomic mass is 9.69. The van der Waals surface area contributed by atoms with E-state index in [2.05, 4.69) is 13.8 Å². The predicted octanol–water partition coefficient (Wildman–Crippen LogP) is 4.22. The largest absolute Gasteiger partial charge is 0.295 e. The van der Waals surface area contributed by atoms with Crippen LogP contribution in [-0.2, 0) is 26.2 Å². The first-order valence-electron chi connectivity index (χ1n) is 11.9. The molecule has 2 aliphatic carbocycles. The van der Waals surface area contributed by atoms with Crippen molar-refractivity contribution >= 4 is 15.9 Å². The minimum absolute atomic E-state index is 0.0642. The Morgan fingerprint density at radius 3 is 2.41 bits per heavy atom. The summed E-state index contributed by atoms with van der Waals surface area (Å²) >= 11 is 0. The number of sulfonamides is 1. The highest BCUT2D eigenvalue weighted by Crippen LogP contribution is 2.70. The molecular formula is C25H38N2O4S. The number of hydrogen-bond donors (Lipinski definition) is 0. The molecule has 1 spiro atoms. The molecular weight excluding hydrogens is 424 g/mol. The Kier molecular flexibility index (Phi) is 6.00. The van der Waals surface area contributed by atoms with Crippen LogP contribution in [0.4, 0.5) is 0 Å². The van der Waals surface area contributed by atoms with E-state index in [4.69, 9.17) is 4.84 Å². The van der Waals surface area contributed by atoms with Gasteiger partial charge < -0.3 is 0 Å². The van der Waals surface area contributed by atoms with Gasteiger partial charge in [-0.05, 0) is 55.9 Å². The molecule has 3 aliphatic rings. The van der Waals surface area contributed by atoms with Gasteiger partial charge in [-0.15, -0.1) is 0 Å². The molecule has 3 fully saturated rings. The number of hydrogen-bond acceptors (Lipinski definition) is 5. The van der Waals surface area contributed by atoms with Crippen molar-refractivity contribution in [3.8, 4) is 0 Å². The molecule has 6 nitrogen and oxygen atoms in total. The van der Waals surface area contributed by atoms with E-state index in [1.807, 2.05) is 58.0 Å². The maximum absolute atomic E-state index is 14.1. The predicted molar refractivity (Wildman–Crippen MR) is 125 cm³/mol. The van der Waals surface area contributed by atoms with Crippen LogP contribution < -0.4 is 0 Å². The fourth-order valence-electron chi connectivity index (χ4n) is 6.69. The number of fused-ring (bicyclic) bond motifs is 1. The lowest BCUT2D eigenvalue weighted by Gasteiger charge is -2.39. The summed E-state index contributed by atoms with van der Waals surface area (Å²) in [6.45, 7) is 12.6. The molecule has 1 aliphatic heterocycles. The van der Waals surface area contributed by atoms with Gasteiger partial charge in [0.2, 0.25) is 10.0 Å². The first-order valence-corrected chi connectivity index (χ1v) is 13.5. The van der Waals surface area contributed by atoms with E-state index in [1.165, 1.54) is 4.31 Å². The Morgan fingerprint density at radius 1 is 1.19 bits per heavy atom. The van der Waals surface area contributed by atoms with Crippen LogP contribution in [0, 0.1) is 22.7 Å². The van der Waals surface area contributed by atoms with Crippen LogP contribution in [0.25, 0.3) is 0 Å². The van der Waals surface area contributed by atoms with Gasteiger partial charge in [-0.3, -0.25) is 9.63 Å². The second-order valence-electron chi connectivity index (χ2n) is 11.2. The molecule has 4 atom stereocenters. The standard InChI is InChI=1S/C25H38N2O4S/c1-17(2)22(26(31-18(3)4)15-19-10-8-7-9-11-19)23(28)27-21-14-20-12-13-25(21,24(20,5)6)16-32(27,29)30/h7-11,17-18,20-22H,12-16H2,1-6H3/t20-,21-,22+,25-/m0/s1. The van der Waals surface area contributed by atoms with Gasteiger partial charge in [-0.25, -0.2) is 12.7 Å². The van der Waals surface area contributed by atoms with E-state index in [0.717, 1.165) is 24.8 Å². The van der Waals surface area contributed by atoms with Gasteiger partial charge >= 0.3 is 0 Å². The molecule has 0 N–H and O–H groups in total. The molecule has 7 heteroatoms. The molecule has 0 unspecified atom stereocenters.